The zero-order valence-electron chi connectivity index (χ0n) is 11.7. The van der Waals surface area contributed by atoms with E-state index in [1.54, 1.807) is 18.2 Å². The lowest BCUT2D eigenvalue weighted by atomic mass is 10.1. The Morgan fingerprint density at radius 1 is 1.14 bits per heavy atom. The minimum atomic E-state index is -3.66. The molecule has 0 aliphatic rings. The van der Waals surface area contributed by atoms with Gasteiger partial charge in [0.2, 0.25) is 10.0 Å². The maximum atomic E-state index is 13.5. The molecule has 0 spiro atoms. The Labute approximate surface area is 134 Å². The van der Waals surface area contributed by atoms with Crippen LogP contribution >= 0.6 is 11.6 Å². The second-order valence-corrected chi connectivity index (χ2v) is 6.85. The van der Waals surface area contributed by atoms with Crippen molar-refractivity contribution < 1.29 is 12.8 Å². The Balaban J connectivity index is 1.85. The zero-order valence-corrected chi connectivity index (χ0v) is 13.3. The molecule has 0 amide bonds. The summed E-state index contributed by atoms with van der Waals surface area (Å²) in [5.74, 6) is -0.297. The minimum Gasteiger partial charge on any atom is -0.312 e. The van der Waals surface area contributed by atoms with Crippen molar-refractivity contribution in [1.82, 2.24) is 5.32 Å². The fraction of sp³-hybridized carbons (Fsp3) is 0.200. The molecule has 2 aromatic carbocycles. The highest BCUT2D eigenvalue weighted by Gasteiger charge is 2.06. The number of nitrogens with one attached hydrogen (secondary N) is 1. The smallest absolute Gasteiger partial charge is 0.238 e. The third kappa shape index (κ3) is 4.78. The van der Waals surface area contributed by atoms with Crippen LogP contribution in [0.1, 0.15) is 11.1 Å². The van der Waals surface area contributed by atoms with E-state index in [1.807, 2.05) is 0 Å². The Kier molecular flexibility index (Phi) is 5.52. The molecule has 0 saturated carbocycles. The average Bonchev–Trinajstić information content (AvgIpc) is 2.46. The summed E-state index contributed by atoms with van der Waals surface area (Å²) in [5, 5.41) is 8.65. The summed E-state index contributed by atoms with van der Waals surface area (Å²) in [6.45, 7) is 1.00. The molecule has 22 heavy (non-hydrogen) atoms. The van der Waals surface area contributed by atoms with Gasteiger partial charge in [-0.15, -0.1) is 0 Å². The maximum Gasteiger partial charge on any atom is 0.238 e. The molecule has 0 unspecified atom stereocenters. The molecule has 0 atom stereocenters. The van der Waals surface area contributed by atoms with Gasteiger partial charge in [0.15, 0.2) is 0 Å². The molecule has 0 radical (unpaired) electrons. The standard InChI is InChI=1S/C15H16ClFN2O2S/c16-13-3-6-15(17)12(9-13)10-19-8-7-11-1-4-14(5-2-11)22(18,20)21/h1-6,9,19H,7-8,10H2,(H2,18,20,21). The summed E-state index contributed by atoms with van der Waals surface area (Å²) in [5.41, 5.74) is 1.48. The fourth-order valence-corrected chi connectivity index (χ4v) is 2.69. The second kappa shape index (κ2) is 7.19. The van der Waals surface area contributed by atoms with Gasteiger partial charge < -0.3 is 5.32 Å². The van der Waals surface area contributed by atoms with Crippen molar-refractivity contribution in [2.24, 2.45) is 5.14 Å². The topological polar surface area (TPSA) is 72.2 Å². The van der Waals surface area contributed by atoms with Crippen LogP contribution in [-0.4, -0.2) is 15.0 Å². The van der Waals surface area contributed by atoms with Gasteiger partial charge in [-0.05, 0) is 48.9 Å². The third-order valence-electron chi connectivity index (χ3n) is 3.17. The van der Waals surface area contributed by atoms with Crippen LogP contribution in [0.3, 0.4) is 0 Å². The van der Waals surface area contributed by atoms with E-state index < -0.39 is 10.0 Å². The number of hydrogen-bond donors (Lipinski definition) is 2. The zero-order chi connectivity index (χ0) is 16.2. The molecule has 4 nitrogen and oxygen atoms in total. The van der Waals surface area contributed by atoms with Crippen LogP contribution < -0.4 is 10.5 Å². The van der Waals surface area contributed by atoms with Gasteiger partial charge in [0.05, 0.1) is 4.90 Å². The Morgan fingerprint density at radius 2 is 1.82 bits per heavy atom. The van der Waals surface area contributed by atoms with Crippen molar-refractivity contribution in [2.75, 3.05) is 6.54 Å². The summed E-state index contributed by atoms with van der Waals surface area (Å²) >= 11 is 5.82. The molecular weight excluding hydrogens is 327 g/mol. The van der Waals surface area contributed by atoms with Gasteiger partial charge in [-0.2, -0.15) is 0 Å². The summed E-state index contributed by atoms with van der Waals surface area (Å²) in [6, 6.07) is 10.8. The van der Waals surface area contributed by atoms with Crippen LogP contribution in [0.25, 0.3) is 0 Å². The first-order valence-electron chi connectivity index (χ1n) is 6.62. The summed E-state index contributed by atoms with van der Waals surface area (Å²) in [6.07, 6.45) is 0.688. The lowest BCUT2D eigenvalue weighted by molar-refractivity contribution is 0.588. The molecule has 3 N–H and O–H groups in total. The van der Waals surface area contributed by atoms with Crippen LogP contribution in [0.2, 0.25) is 5.02 Å². The van der Waals surface area contributed by atoms with E-state index in [0.29, 0.717) is 30.1 Å². The molecule has 2 rings (SSSR count). The van der Waals surface area contributed by atoms with E-state index in [4.69, 9.17) is 16.7 Å². The predicted molar refractivity (Wildman–Crippen MR) is 84.6 cm³/mol. The molecular formula is C15H16ClFN2O2S. The summed E-state index contributed by atoms with van der Waals surface area (Å²) in [4.78, 5) is 0.0882. The van der Waals surface area contributed by atoms with Crippen molar-refractivity contribution in [2.45, 2.75) is 17.9 Å². The van der Waals surface area contributed by atoms with Crippen molar-refractivity contribution in [3.63, 3.8) is 0 Å². The number of benzene rings is 2. The molecule has 7 heteroatoms. The lowest BCUT2D eigenvalue weighted by Gasteiger charge is -2.07. The predicted octanol–water partition coefficient (Wildman–Crippen LogP) is 2.46. The molecule has 0 heterocycles. The number of primary sulfonamides is 1. The Hall–Kier alpha value is -1.47. The molecule has 0 aromatic heterocycles. The Morgan fingerprint density at radius 3 is 2.45 bits per heavy atom. The summed E-state index contributed by atoms with van der Waals surface area (Å²) < 4.78 is 35.8. The number of hydrogen-bond acceptors (Lipinski definition) is 3. The molecule has 0 bridgehead atoms. The van der Waals surface area contributed by atoms with Gasteiger partial charge in [0.1, 0.15) is 5.82 Å². The van der Waals surface area contributed by atoms with Gasteiger partial charge >= 0.3 is 0 Å². The van der Waals surface area contributed by atoms with Crippen molar-refractivity contribution in [1.29, 1.82) is 0 Å². The minimum absolute atomic E-state index is 0.0882. The monoisotopic (exact) mass is 342 g/mol. The van der Waals surface area contributed by atoms with Crippen LogP contribution in [0.5, 0.6) is 0 Å². The van der Waals surface area contributed by atoms with Crippen molar-refractivity contribution in [3.05, 3.63) is 64.4 Å². The average molecular weight is 343 g/mol. The normalized spacial score (nSPS) is 11.6. The number of halogens is 2. The molecule has 0 aliphatic carbocycles. The van der Waals surface area contributed by atoms with E-state index in [9.17, 15) is 12.8 Å². The summed E-state index contributed by atoms with van der Waals surface area (Å²) in [7, 11) is -3.66. The lowest BCUT2D eigenvalue weighted by Crippen LogP contribution is -2.17. The highest BCUT2D eigenvalue weighted by atomic mass is 35.5. The van der Waals surface area contributed by atoms with E-state index in [2.05, 4.69) is 5.32 Å². The highest BCUT2D eigenvalue weighted by molar-refractivity contribution is 7.89. The largest absolute Gasteiger partial charge is 0.312 e. The maximum absolute atomic E-state index is 13.5. The highest BCUT2D eigenvalue weighted by Crippen LogP contribution is 2.14. The number of sulfonamides is 1. The van der Waals surface area contributed by atoms with Gasteiger partial charge in [-0.3, -0.25) is 0 Å². The van der Waals surface area contributed by atoms with Crippen molar-refractivity contribution >= 4 is 21.6 Å². The van der Waals surface area contributed by atoms with Gasteiger partial charge in [-0.1, -0.05) is 23.7 Å². The molecule has 0 aliphatic heterocycles. The van der Waals surface area contributed by atoms with Crippen LogP contribution in [-0.2, 0) is 23.0 Å². The molecule has 118 valence electrons. The first kappa shape index (κ1) is 16.9. The third-order valence-corrected chi connectivity index (χ3v) is 4.33. The van der Waals surface area contributed by atoms with E-state index in [0.717, 1.165) is 5.56 Å². The van der Waals surface area contributed by atoms with Crippen LogP contribution in [0, 0.1) is 5.82 Å². The molecule has 0 saturated heterocycles. The fourth-order valence-electron chi connectivity index (χ4n) is 1.98. The van der Waals surface area contributed by atoms with Crippen LogP contribution in [0.15, 0.2) is 47.4 Å². The number of rotatable bonds is 6. The van der Waals surface area contributed by atoms with Gasteiger partial charge in [-0.25, -0.2) is 17.9 Å². The first-order valence-corrected chi connectivity index (χ1v) is 8.55. The quantitative estimate of drug-likeness (QED) is 0.792. The first-order chi connectivity index (χ1) is 10.4. The van der Waals surface area contributed by atoms with Crippen molar-refractivity contribution in [3.8, 4) is 0 Å². The molecule has 2 aromatic rings. The second-order valence-electron chi connectivity index (χ2n) is 4.85. The number of nitrogens with two attached hydrogens (primary N) is 1. The molecule has 0 fully saturated rings. The Bertz CT molecular complexity index is 749. The van der Waals surface area contributed by atoms with E-state index in [1.165, 1.54) is 24.3 Å². The van der Waals surface area contributed by atoms with Crippen LogP contribution in [0.4, 0.5) is 4.39 Å². The van der Waals surface area contributed by atoms with E-state index in [-0.39, 0.29) is 10.7 Å². The van der Waals surface area contributed by atoms with E-state index >= 15 is 0 Å². The van der Waals surface area contributed by atoms with Gasteiger partial charge in [0.25, 0.3) is 0 Å². The van der Waals surface area contributed by atoms with Gasteiger partial charge in [0, 0.05) is 17.1 Å². The SMILES string of the molecule is NS(=O)(=O)c1ccc(CCNCc2cc(Cl)ccc2F)cc1.